The first-order valence-corrected chi connectivity index (χ1v) is 7.29. The van der Waals surface area contributed by atoms with Crippen molar-refractivity contribution >= 4 is 0 Å². The number of β-amino-alcohol motifs (C(OH)–C–C–N with tert-alkyl or cyclic N) is 1. The van der Waals surface area contributed by atoms with E-state index in [9.17, 15) is 0 Å². The molecule has 0 radical (unpaired) electrons. The highest BCUT2D eigenvalue weighted by atomic mass is 16.3. The standard InChI is InChI=1S/C14H26N2O/c1-10(2)11-5-12(6-11)16-9-13-7-14(16)8-15(13)3-4-17/h10-14,17H,3-9H2,1-2H3/t11-,12-,13?,14?. The van der Waals surface area contributed by atoms with Crippen molar-refractivity contribution in [1.82, 2.24) is 9.80 Å². The van der Waals surface area contributed by atoms with E-state index in [2.05, 4.69) is 23.6 Å². The number of likely N-dealkylation sites (tertiary alicyclic amines) is 2. The molecule has 0 spiro atoms. The van der Waals surface area contributed by atoms with Crippen LogP contribution in [0.5, 0.6) is 0 Å². The van der Waals surface area contributed by atoms with Crippen LogP contribution in [0.15, 0.2) is 0 Å². The first-order chi connectivity index (χ1) is 8.19. The monoisotopic (exact) mass is 238 g/mol. The van der Waals surface area contributed by atoms with Gasteiger partial charge in [-0.2, -0.15) is 0 Å². The van der Waals surface area contributed by atoms with Crippen molar-refractivity contribution in [3.8, 4) is 0 Å². The van der Waals surface area contributed by atoms with Gasteiger partial charge in [0.05, 0.1) is 6.61 Å². The smallest absolute Gasteiger partial charge is 0.0558 e. The largest absolute Gasteiger partial charge is 0.395 e. The molecule has 2 unspecified atom stereocenters. The predicted octanol–water partition coefficient (Wildman–Crippen LogP) is 1.17. The summed E-state index contributed by atoms with van der Waals surface area (Å²) in [6.07, 6.45) is 4.21. The summed E-state index contributed by atoms with van der Waals surface area (Å²) in [6.45, 7) is 8.39. The number of aliphatic hydroxyl groups is 1. The fraction of sp³-hybridized carbons (Fsp3) is 1.00. The molecule has 3 aliphatic rings. The van der Waals surface area contributed by atoms with E-state index in [-0.39, 0.29) is 0 Å². The Kier molecular flexibility index (Phi) is 3.18. The number of rotatable bonds is 4. The van der Waals surface area contributed by atoms with E-state index >= 15 is 0 Å². The average molecular weight is 238 g/mol. The molecule has 98 valence electrons. The summed E-state index contributed by atoms with van der Waals surface area (Å²) in [5.41, 5.74) is 0. The number of aliphatic hydroxyl groups excluding tert-OH is 1. The summed E-state index contributed by atoms with van der Waals surface area (Å²) >= 11 is 0. The Hall–Kier alpha value is -0.120. The van der Waals surface area contributed by atoms with E-state index < -0.39 is 0 Å². The van der Waals surface area contributed by atoms with Gasteiger partial charge in [-0.1, -0.05) is 13.8 Å². The Morgan fingerprint density at radius 1 is 1.06 bits per heavy atom. The van der Waals surface area contributed by atoms with Crippen LogP contribution in [0, 0.1) is 11.8 Å². The molecule has 1 N–H and O–H groups in total. The van der Waals surface area contributed by atoms with E-state index in [0.717, 1.165) is 36.5 Å². The molecule has 3 nitrogen and oxygen atoms in total. The lowest BCUT2D eigenvalue weighted by molar-refractivity contribution is 0.0122. The van der Waals surface area contributed by atoms with E-state index in [1.54, 1.807) is 0 Å². The second-order valence-electron chi connectivity index (χ2n) is 6.59. The molecule has 0 aromatic carbocycles. The fourth-order valence-electron chi connectivity index (χ4n) is 4.07. The van der Waals surface area contributed by atoms with Crippen molar-refractivity contribution in [1.29, 1.82) is 0 Å². The van der Waals surface area contributed by atoms with Gasteiger partial charge in [-0.05, 0) is 31.1 Å². The van der Waals surface area contributed by atoms with Crippen molar-refractivity contribution in [2.45, 2.75) is 51.2 Å². The van der Waals surface area contributed by atoms with Crippen LogP contribution >= 0.6 is 0 Å². The third kappa shape index (κ3) is 2.02. The van der Waals surface area contributed by atoms with Crippen LogP contribution in [0.1, 0.15) is 33.1 Å². The van der Waals surface area contributed by atoms with E-state index in [1.165, 1.54) is 32.4 Å². The van der Waals surface area contributed by atoms with Gasteiger partial charge in [0.2, 0.25) is 0 Å². The summed E-state index contributed by atoms with van der Waals surface area (Å²) in [5, 5.41) is 9.03. The van der Waals surface area contributed by atoms with Gasteiger partial charge in [-0.15, -0.1) is 0 Å². The highest BCUT2D eigenvalue weighted by Gasteiger charge is 2.48. The lowest BCUT2D eigenvalue weighted by atomic mass is 9.73. The predicted molar refractivity (Wildman–Crippen MR) is 68.9 cm³/mol. The molecule has 3 heteroatoms. The van der Waals surface area contributed by atoms with Crippen LogP contribution in [0.2, 0.25) is 0 Å². The van der Waals surface area contributed by atoms with Crippen molar-refractivity contribution in [2.75, 3.05) is 26.2 Å². The first kappa shape index (κ1) is 11.9. The Labute approximate surface area is 105 Å². The molecule has 0 aromatic rings. The van der Waals surface area contributed by atoms with Crippen LogP contribution < -0.4 is 0 Å². The van der Waals surface area contributed by atoms with Gasteiger partial charge < -0.3 is 5.11 Å². The van der Waals surface area contributed by atoms with Gasteiger partial charge >= 0.3 is 0 Å². The summed E-state index contributed by atoms with van der Waals surface area (Å²) in [6, 6.07) is 2.42. The van der Waals surface area contributed by atoms with Gasteiger partial charge in [-0.25, -0.2) is 0 Å². The van der Waals surface area contributed by atoms with Crippen LogP contribution in [-0.2, 0) is 0 Å². The summed E-state index contributed by atoms with van der Waals surface area (Å²) in [4.78, 5) is 5.26. The maximum absolute atomic E-state index is 9.03. The van der Waals surface area contributed by atoms with Crippen LogP contribution in [0.25, 0.3) is 0 Å². The zero-order valence-corrected chi connectivity index (χ0v) is 11.2. The second kappa shape index (κ2) is 4.52. The summed E-state index contributed by atoms with van der Waals surface area (Å²) < 4.78 is 0. The molecule has 1 saturated carbocycles. The maximum Gasteiger partial charge on any atom is 0.0558 e. The fourth-order valence-corrected chi connectivity index (χ4v) is 4.07. The second-order valence-corrected chi connectivity index (χ2v) is 6.59. The highest BCUT2D eigenvalue weighted by molar-refractivity contribution is 5.04. The molecular formula is C14H26N2O. The molecule has 2 atom stereocenters. The minimum absolute atomic E-state index is 0.322. The van der Waals surface area contributed by atoms with E-state index in [0.29, 0.717) is 6.61 Å². The number of nitrogens with zero attached hydrogens (tertiary/aromatic N) is 2. The van der Waals surface area contributed by atoms with Gasteiger partial charge in [0.1, 0.15) is 0 Å². The number of piperazine rings is 1. The Morgan fingerprint density at radius 2 is 1.82 bits per heavy atom. The lowest BCUT2D eigenvalue weighted by Crippen LogP contribution is -2.55. The van der Waals surface area contributed by atoms with Crippen LogP contribution in [0.3, 0.4) is 0 Å². The van der Waals surface area contributed by atoms with E-state index in [1.807, 2.05) is 0 Å². The SMILES string of the molecule is CC(C)[C@H]1C[C@H](N2CC3CC2CN3CCO)C1. The molecule has 2 heterocycles. The third-order valence-electron chi connectivity index (χ3n) is 5.35. The topological polar surface area (TPSA) is 26.7 Å². The Morgan fingerprint density at radius 3 is 2.35 bits per heavy atom. The Bertz CT molecular complexity index is 275. The van der Waals surface area contributed by atoms with Gasteiger partial charge in [0, 0.05) is 37.8 Å². The third-order valence-corrected chi connectivity index (χ3v) is 5.35. The van der Waals surface area contributed by atoms with Gasteiger partial charge in [0.25, 0.3) is 0 Å². The molecule has 0 aromatic heterocycles. The minimum Gasteiger partial charge on any atom is -0.395 e. The van der Waals surface area contributed by atoms with Crippen molar-refractivity contribution in [3.63, 3.8) is 0 Å². The maximum atomic E-state index is 9.03. The van der Waals surface area contributed by atoms with Gasteiger partial charge in [-0.3, -0.25) is 9.80 Å². The van der Waals surface area contributed by atoms with Crippen molar-refractivity contribution < 1.29 is 5.11 Å². The van der Waals surface area contributed by atoms with Crippen LogP contribution in [-0.4, -0.2) is 59.3 Å². The molecule has 2 aliphatic heterocycles. The number of hydrogen-bond acceptors (Lipinski definition) is 3. The molecular weight excluding hydrogens is 212 g/mol. The molecule has 17 heavy (non-hydrogen) atoms. The lowest BCUT2D eigenvalue weighted by Gasteiger charge is -2.47. The highest BCUT2D eigenvalue weighted by Crippen LogP contribution is 2.42. The average Bonchev–Trinajstić information content (AvgIpc) is 2.74. The zero-order valence-electron chi connectivity index (χ0n) is 11.2. The number of fused-ring (bicyclic) bond motifs is 2. The summed E-state index contributed by atoms with van der Waals surface area (Å²) in [7, 11) is 0. The minimum atomic E-state index is 0.322. The first-order valence-electron chi connectivity index (χ1n) is 7.29. The molecule has 2 saturated heterocycles. The summed E-state index contributed by atoms with van der Waals surface area (Å²) in [5.74, 6) is 1.85. The quantitative estimate of drug-likeness (QED) is 0.796. The normalized spacial score (nSPS) is 42.4. The molecule has 3 fully saturated rings. The van der Waals surface area contributed by atoms with E-state index in [4.69, 9.17) is 5.11 Å². The molecule has 3 rings (SSSR count). The zero-order chi connectivity index (χ0) is 12.0. The van der Waals surface area contributed by atoms with Crippen molar-refractivity contribution in [3.05, 3.63) is 0 Å². The molecule has 1 aliphatic carbocycles. The Balaban J connectivity index is 1.50. The number of hydrogen-bond donors (Lipinski definition) is 1. The van der Waals surface area contributed by atoms with Crippen LogP contribution in [0.4, 0.5) is 0 Å². The van der Waals surface area contributed by atoms with Gasteiger partial charge in [0.15, 0.2) is 0 Å². The van der Waals surface area contributed by atoms with Crippen molar-refractivity contribution in [2.24, 2.45) is 11.8 Å². The molecule has 2 bridgehead atoms. The molecule has 0 amide bonds.